The van der Waals surface area contributed by atoms with E-state index in [1.807, 2.05) is 24.4 Å². The van der Waals surface area contributed by atoms with Gasteiger partial charge in [-0.2, -0.15) is 0 Å². The highest BCUT2D eigenvalue weighted by molar-refractivity contribution is 5.28. The molecular weight excluding hydrogens is 216 g/mol. The van der Waals surface area contributed by atoms with Gasteiger partial charge in [0.25, 0.3) is 0 Å². The second kappa shape index (κ2) is 6.00. The summed E-state index contributed by atoms with van der Waals surface area (Å²) < 4.78 is 6.97. The fourth-order valence-corrected chi connectivity index (χ4v) is 1.56. The average Bonchev–Trinajstić information content (AvgIpc) is 2.88. The van der Waals surface area contributed by atoms with Gasteiger partial charge in [0.1, 0.15) is 5.75 Å². The van der Waals surface area contributed by atoms with Gasteiger partial charge in [-0.25, -0.2) is 0 Å². The van der Waals surface area contributed by atoms with Gasteiger partial charge in [0.2, 0.25) is 0 Å². The van der Waals surface area contributed by atoms with E-state index in [1.54, 1.807) is 18.0 Å². The summed E-state index contributed by atoms with van der Waals surface area (Å²) in [6.45, 7) is 2.51. The second-order valence-corrected chi connectivity index (χ2v) is 3.69. The van der Waals surface area contributed by atoms with Gasteiger partial charge in [-0.05, 0) is 17.7 Å². The quantitative estimate of drug-likeness (QED) is 0.757. The second-order valence-electron chi connectivity index (χ2n) is 3.69. The molecule has 0 aliphatic heterocycles. The third-order valence-corrected chi connectivity index (χ3v) is 2.45. The van der Waals surface area contributed by atoms with Gasteiger partial charge in [-0.3, -0.25) is 4.68 Å². The van der Waals surface area contributed by atoms with Crippen molar-refractivity contribution in [1.82, 2.24) is 20.3 Å². The van der Waals surface area contributed by atoms with Crippen LogP contribution in [0.3, 0.4) is 0 Å². The van der Waals surface area contributed by atoms with Crippen LogP contribution in [0, 0.1) is 0 Å². The summed E-state index contributed by atoms with van der Waals surface area (Å²) in [5, 5.41) is 11.0. The largest absolute Gasteiger partial charge is 0.497 e. The lowest BCUT2D eigenvalue weighted by Crippen LogP contribution is -2.19. The molecule has 90 valence electrons. The van der Waals surface area contributed by atoms with E-state index in [4.69, 9.17) is 4.74 Å². The first kappa shape index (κ1) is 11.6. The maximum atomic E-state index is 5.17. The maximum absolute atomic E-state index is 5.17. The third kappa shape index (κ3) is 3.57. The third-order valence-electron chi connectivity index (χ3n) is 2.45. The van der Waals surface area contributed by atoms with Crippen molar-refractivity contribution in [3.05, 3.63) is 42.2 Å². The predicted octanol–water partition coefficient (Wildman–Crippen LogP) is 1.08. The molecule has 0 saturated carbocycles. The zero-order chi connectivity index (χ0) is 11.9. The molecule has 0 spiro atoms. The van der Waals surface area contributed by atoms with E-state index in [0.717, 1.165) is 25.4 Å². The van der Waals surface area contributed by atoms with Crippen molar-refractivity contribution in [1.29, 1.82) is 0 Å². The van der Waals surface area contributed by atoms with Gasteiger partial charge in [0.05, 0.1) is 19.9 Å². The minimum absolute atomic E-state index is 0.823. The summed E-state index contributed by atoms with van der Waals surface area (Å²) in [5.74, 6) is 0.889. The molecule has 5 heteroatoms. The molecule has 0 aliphatic carbocycles. The molecule has 1 heterocycles. The Kier molecular flexibility index (Phi) is 4.10. The minimum Gasteiger partial charge on any atom is -0.497 e. The SMILES string of the molecule is COc1cccc(CNCCn2ccnn2)c1. The van der Waals surface area contributed by atoms with Crippen molar-refractivity contribution >= 4 is 0 Å². The van der Waals surface area contributed by atoms with Crippen LogP contribution < -0.4 is 10.1 Å². The normalized spacial score (nSPS) is 10.4. The predicted molar refractivity (Wildman–Crippen MR) is 64.7 cm³/mol. The molecule has 0 aliphatic rings. The molecule has 0 fully saturated rings. The zero-order valence-corrected chi connectivity index (χ0v) is 9.84. The summed E-state index contributed by atoms with van der Waals surface area (Å²) in [5.41, 5.74) is 1.21. The topological polar surface area (TPSA) is 52.0 Å². The first-order chi connectivity index (χ1) is 8.38. The van der Waals surface area contributed by atoms with E-state index in [-0.39, 0.29) is 0 Å². The summed E-state index contributed by atoms with van der Waals surface area (Å²) in [6.07, 6.45) is 3.54. The number of rotatable bonds is 6. The van der Waals surface area contributed by atoms with Crippen LogP contribution in [0.1, 0.15) is 5.56 Å². The molecule has 0 amide bonds. The van der Waals surface area contributed by atoms with Gasteiger partial charge < -0.3 is 10.1 Å². The summed E-state index contributed by atoms with van der Waals surface area (Å²) in [6, 6.07) is 8.04. The van der Waals surface area contributed by atoms with E-state index in [1.165, 1.54) is 5.56 Å². The molecule has 0 unspecified atom stereocenters. The van der Waals surface area contributed by atoms with Crippen LogP contribution in [0.2, 0.25) is 0 Å². The monoisotopic (exact) mass is 232 g/mol. The van der Waals surface area contributed by atoms with Crippen molar-refractivity contribution in [2.75, 3.05) is 13.7 Å². The van der Waals surface area contributed by atoms with Crippen molar-refractivity contribution in [3.8, 4) is 5.75 Å². The van der Waals surface area contributed by atoms with Crippen LogP contribution in [0.15, 0.2) is 36.7 Å². The molecule has 1 aromatic heterocycles. The molecule has 0 bridgehead atoms. The number of nitrogens with one attached hydrogen (secondary N) is 1. The van der Waals surface area contributed by atoms with Gasteiger partial charge in [0, 0.05) is 19.3 Å². The number of hydrogen-bond donors (Lipinski definition) is 1. The molecule has 2 rings (SSSR count). The number of ether oxygens (including phenoxy) is 1. The lowest BCUT2D eigenvalue weighted by molar-refractivity contribution is 0.414. The lowest BCUT2D eigenvalue weighted by Gasteiger charge is -2.06. The Balaban J connectivity index is 1.74. The van der Waals surface area contributed by atoms with E-state index >= 15 is 0 Å². The van der Waals surface area contributed by atoms with Crippen molar-refractivity contribution in [2.24, 2.45) is 0 Å². The van der Waals surface area contributed by atoms with Crippen LogP contribution >= 0.6 is 0 Å². The average molecular weight is 232 g/mol. The number of methoxy groups -OCH3 is 1. The summed E-state index contributed by atoms with van der Waals surface area (Å²) >= 11 is 0. The molecule has 1 N–H and O–H groups in total. The number of aromatic nitrogens is 3. The minimum atomic E-state index is 0.823. The fourth-order valence-electron chi connectivity index (χ4n) is 1.56. The van der Waals surface area contributed by atoms with Crippen LogP contribution in [-0.2, 0) is 13.1 Å². The number of nitrogens with zero attached hydrogens (tertiary/aromatic N) is 3. The maximum Gasteiger partial charge on any atom is 0.119 e. The van der Waals surface area contributed by atoms with Gasteiger partial charge in [-0.15, -0.1) is 5.10 Å². The van der Waals surface area contributed by atoms with E-state index < -0.39 is 0 Å². The van der Waals surface area contributed by atoms with Crippen LogP contribution in [-0.4, -0.2) is 28.6 Å². The smallest absolute Gasteiger partial charge is 0.119 e. The van der Waals surface area contributed by atoms with E-state index in [9.17, 15) is 0 Å². The molecule has 2 aromatic rings. The standard InChI is InChI=1S/C12H16N4O/c1-17-12-4-2-3-11(9-12)10-13-5-7-16-8-6-14-15-16/h2-4,6,8-9,13H,5,7,10H2,1H3. The molecule has 5 nitrogen and oxygen atoms in total. The molecular formula is C12H16N4O. The molecule has 0 saturated heterocycles. The van der Waals surface area contributed by atoms with E-state index in [0.29, 0.717) is 0 Å². The van der Waals surface area contributed by atoms with Gasteiger partial charge >= 0.3 is 0 Å². The number of hydrogen-bond acceptors (Lipinski definition) is 4. The summed E-state index contributed by atoms with van der Waals surface area (Å²) in [4.78, 5) is 0. The first-order valence-corrected chi connectivity index (χ1v) is 5.56. The van der Waals surface area contributed by atoms with Crippen LogP contribution in [0.5, 0.6) is 5.75 Å². The Hall–Kier alpha value is -1.88. The Morgan fingerprint density at radius 1 is 1.41 bits per heavy atom. The molecule has 1 aromatic carbocycles. The van der Waals surface area contributed by atoms with Gasteiger partial charge in [0.15, 0.2) is 0 Å². The summed E-state index contributed by atoms with van der Waals surface area (Å²) in [7, 11) is 1.68. The highest BCUT2D eigenvalue weighted by Gasteiger charge is 1.96. The Bertz CT molecular complexity index is 442. The highest BCUT2D eigenvalue weighted by Crippen LogP contribution is 2.11. The van der Waals surface area contributed by atoms with Crippen molar-refractivity contribution in [3.63, 3.8) is 0 Å². The molecule has 0 atom stereocenters. The Labute approximate surface area is 100 Å². The number of benzene rings is 1. The van der Waals surface area contributed by atoms with Crippen LogP contribution in [0.25, 0.3) is 0 Å². The lowest BCUT2D eigenvalue weighted by atomic mass is 10.2. The fraction of sp³-hybridized carbons (Fsp3) is 0.333. The zero-order valence-electron chi connectivity index (χ0n) is 9.84. The first-order valence-electron chi connectivity index (χ1n) is 5.56. The Morgan fingerprint density at radius 3 is 3.12 bits per heavy atom. The molecule has 17 heavy (non-hydrogen) atoms. The highest BCUT2D eigenvalue weighted by atomic mass is 16.5. The molecule has 0 radical (unpaired) electrons. The Morgan fingerprint density at radius 2 is 2.35 bits per heavy atom. The van der Waals surface area contributed by atoms with Crippen molar-refractivity contribution in [2.45, 2.75) is 13.1 Å². The van der Waals surface area contributed by atoms with Gasteiger partial charge in [-0.1, -0.05) is 17.3 Å². The van der Waals surface area contributed by atoms with E-state index in [2.05, 4.69) is 21.7 Å². The van der Waals surface area contributed by atoms with Crippen molar-refractivity contribution < 1.29 is 4.74 Å². The van der Waals surface area contributed by atoms with Crippen LogP contribution in [0.4, 0.5) is 0 Å².